The first-order valence-electron chi connectivity index (χ1n) is 0.820. The van der Waals surface area contributed by atoms with Crippen molar-refractivity contribution in [1.29, 1.82) is 0 Å². The minimum Gasteiger partial charge on any atom is -0.186 e. The first kappa shape index (κ1) is 4.36. The lowest BCUT2D eigenvalue weighted by atomic mass is 11.8. The van der Waals surface area contributed by atoms with E-state index in [1.54, 1.807) is 0 Å². The summed E-state index contributed by atoms with van der Waals surface area (Å²) in [6.07, 6.45) is 0. The van der Waals surface area contributed by atoms with Crippen molar-refractivity contribution < 1.29 is 14.6 Å². The molecule has 0 fully saturated rings. The van der Waals surface area contributed by atoms with Crippen molar-refractivity contribution >= 4 is 6.72 Å². The lowest BCUT2D eigenvalue weighted by Gasteiger charge is -1.73. The zero-order valence-corrected chi connectivity index (χ0v) is 2.35. The van der Waals surface area contributed by atoms with Gasteiger partial charge in [-0.2, -0.15) is 4.99 Å². The summed E-state index contributed by atoms with van der Waals surface area (Å²) < 4.78 is 10.1. The zero-order valence-electron chi connectivity index (χ0n) is 2.35. The van der Waals surface area contributed by atoms with Crippen LogP contribution >= 0.6 is 0 Å². The van der Waals surface area contributed by atoms with Gasteiger partial charge in [0.1, 0.15) is 0 Å². The molecule has 0 rings (SSSR count). The van der Waals surface area contributed by atoms with Gasteiger partial charge in [-0.25, -0.2) is 0 Å². The number of hydrogen-bond donors (Lipinski definition) is 0. The van der Waals surface area contributed by atoms with Crippen LogP contribution in [0.1, 0.15) is 0 Å². The second kappa shape index (κ2) is 3.36. The molecule has 4 heteroatoms. The standard InChI is InChI=1S/CH2FNO2/c1-3-5-4-2/h1H2. The Kier molecular flexibility index (Phi) is 2.93. The van der Waals surface area contributed by atoms with Gasteiger partial charge in [0.05, 0.1) is 5.09 Å². The molecule has 0 saturated heterocycles. The summed E-state index contributed by atoms with van der Waals surface area (Å²) in [4.78, 5) is 3.18. The van der Waals surface area contributed by atoms with E-state index in [0.29, 0.717) is 0 Å². The molecule has 0 atom stereocenters. The van der Waals surface area contributed by atoms with Gasteiger partial charge in [-0.05, 0) is 4.53 Å². The van der Waals surface area contributed by atoms with E-state index in [-0.39, 0.29) is 0 Å². The van der Waals surface area contributed by atoms with Crippen LogP contribution in [0.15, 0.2) is 5.16 Å². The van der Waals surface area contributed by atoms with Crippen LogP contribution in [0.25, 0.3) is 0 Å². The Morgan fingerprint density at radius 2 is 2.40 bits per heavy atom. The third-order valence-electron chi connectivity index (χ3n) is 0.0809. The van der Waals surface area contributed by atoms with Gasteiger partial charge in [-0.3, -0.25) is 0 Å². The number of nitrogens with zero attached hydrogens (tertiary/aromatic N) is 1. The van der Waals surface area contributed by atoms with Crippen molar-refractivity contribution in [1.82, 2.24) is 0 Å². The summed E-state index contributed by atoms with van der Waals surface area (Å²) in [7, 11) is 0. The summed E-state index contributed by atoms with van der Waals surface area (Å²) in [5.74, 6) is 0. The molecule has 0 spiro atoms. The maximum absolute atomic E-state index is 10.1. The number of halogens is 1. The molecule has 5 heavy (non-hydrogen) atoms. The highest BCUT2D eigenvalue weighted by molar-refractivity contribution is 5.21. The molecule has 0 aliphatic rings. The van der Waals surface area contributed by atoms with Crippen molar-refractivity contribution in [2.45, 2.75) is 0 Å². The smallest absolute Gasteiger partial charge is 0.0541 e. The molecule has 0 N–H and O–H groups in total. The van der Waals surface area contributed by atoms with E-state index in [0.717, 1.165) is 0 Å². The predicted octanol–water partition coefficient (Wildman–Crippen LogP) is 0.435. The molecule has 0 aliphatic heterocycles. The molecule has 0 aromatic rings. The normalized spacial score (nSPS) is 6.60. The average Bonchev–Trinajstić information content (AvgIpc) is 1.41. The molecule has 0 aliphatic carbocycles. The Labute approximate surface area is 27.8 Å². The molecule has 0 aromatic heterocycles. The van der Waals surface area contributed by atoms with Gasteiger partial charge in [-0.15, -0.1) is 0 Å². The first-order chi connectivity index (χ1) is 2.41. The summed E-state index contributed by atoms with van der Waals surface area (Å²) in [6, 6.07) is 0. The largest absolute Gasteiger partial charge is 0.186 e. The molecule has 0 heterocycles. The Balaban J connectivity index is 2.40. The monoisotopic (exact) mass is 79.0 g/mol. The number of rotatable bonds is 2. The zero-order chi connectivity index (χ0) is 4.12. The Hall–Kier alpha value is -0.640. The van der Waals surface area contributed by atoms with E-state index in [1.165, 1.54) is 0 Å². The van der Waals surface area contributed by atoms with Gasteiger partial charge in [0, 0.05) is 6.72 Å². The molecule has 0 radical (unpaired) electrons. The van der Waals surface area contributed by atoms with Gasteiger partial charge >= 0.3 is 0 Å². The Bertz CT molecular complexity index is 30.8. The lowest BCUT2D eigenvalue weighted by Crippen LogP contribution is -1.65. The van der Waals surface area contributed by atoms with Crippen molar-refractivity contribution in [3.8, 4) is 0 Å². The summed E-state index contributed by atoms with van der Waals surface area (Å²) in [5, 5.41) is 4.97. The van der Waals surface area contributed by atoms with Crippen LogP contribution in [0.4, 0.5) is 4.53 Å². The van der Waals surface area contributed by atoms with E-state index < -0.39 is 0 Å². The maximum atomic E-state index is 10.1. The molecular formula is CH2FNO2. The van der Waals surface area contributed by atoms with E-state index in [1.807, 2.05) is 0 Å². The molecule has 0 aromatic carbocycles. The van der Waals surface area contributed by atoms with Gasteiger partial charge < -0.3 is 0 Å². The summed E-state index contributed by atoms with van der Waals surface area (Å²) >= 11 is 0. The fraction of sp³-hybridized carbons (Fsp3) is 0. The lowest BCUT2D eigenvalue weighted by molar-refractivity contribution is -0.430. The predicted molar refractivity (Wildman–Crippen MR) is 12.8 cm³/mol. The van der Waals surface area contributed by atoms with E-state index in [9.17, 15) is 4.53 Å². The van der Waals surface area contributed by atoms with E-state index in [4.69, 9.17) is 0 Å². The summed E-state index contributed by atoms with van der Waals surface area (Å²) in [6.45, 7) is 2.71. The molecule has 0 unspecified atom stereocenters. The molecule has 30 valence electrons. The minimum atomic E-state index is 2.46. The maximum Gasteiger partial charge on any atom is 0.0541 e. The Morgan fingerprint density at radius 1 is 1.80 bits per heavy atom. The molecular weight excluding hydrogens is 77.0 g/mol. The molecule has 0 amide bonds. The highest BCUT2D eigenvalue weighted by Crippen LogP contribution is 1.71. The van der Waals surface area contributed by atoms with Gasteiger partial charge in [0.15, 0.2) is 0 Å². The fourth-order valence-electron chi connectivity index (χ4n) is 0.0199. The average molecular weight is 79.0 g/mol. The minimum absolute atomic E-state index is 2.46. The van der Waals surface area contributed by atoms with Crippen molar-refractivity contribution in [2.75, 3.05) is 0 Å². The summed E-state index contributed by atoms with van der Waals surface area (Å²) in [5.41, 5.74) is 0. The SMILES string of the molecule is C=NOOF. The van der Waals surface area contributed by atoms with E-state index >= 15 is 0 Å². The number of oxime groups is 1. The third-order valence-corrected chi connectivity index (χ3v) is 0.0809. The van der Waals surface area contributed by atoms with Crippen LogP contribution < -0.4 is 0 Å². The van der Waals surface area contributed by atoms with Crippen molar-refractivity contribution in [3.05, 3.63) is 0 Å². The molecule has 0 saturated carbocycles. The van der Waals surface area contributed by atoms with Crippen LogP contribution in [0.2, 0.25) is 0 Å². The molecule has 3 nitrogen and oxygen atoms in total. The Morgan fingerprint density at radius 3 is 2.40 bits per heavy atom. The van der Waals surface area contributed by atoms with Gasteiger partial charge in [0.25, 0.3) is 0 Å². The van der Waals surface area contributed by atoms with E-state index in [2.05, 4.69) is 22.0 Å². The second-order valence-corrected chi connectivity index (χ2v) is 0.267. The van der Waals surface area contributed by atoms with Gasteiger partial charge in [0.2, 0.25) is 0 Å². The third kappa shape index (κ3) is 3.36. The van der Waals surface area contributed by atoms with Crippen LogP contribution in [0, 0.1) is 0 Å². The highest BCUT2D eigenvalue weighted by Gasteiger charge is 1.62. The van der Waals surface area contributed by atoms with Crippen molar-refractivity contribution in [2.24, 2.45) is 5.16 Å². The topological polar surface area (TPSA) is 30.8 Å². The van der Waals surface area contributed by atoms with Crippen LogP contribution in [0.3, 0.4) is 0 Å². The van der Waals surface area contributed by atoms with Crippen LogP contribution in [-0.2, 0) is 10.1 Å². The number of hydrogen-bond acceptors (Lipinski definition) is 3. The van der Waals surface area contributed by atoms with Crippen LogP contribution in [0.5, 0.6) is 0 Å². The van der Waals surface area contributed by atoms with Gasteiger partial charge in [-0.1, -0.05) is 5.16 Å². The fourth-order valence-corrected chi connectivity index (χ4v) is 0.0199. The quantitative estimate of drug-likeness (QED) is 0.273. The van der Waals surface area contributed by atoms with Crippen LogP contribution in [-0.4, -0.2) is 6.72 Å². The van der Waals surface area contributed by atoms with Crippen molar-refractivity contribution in [3.63, 3.8) is 0 Å². The second-order valence-electron chi connectivity index (χ2n) is 0.267. The first-order valence-corrected chi connectivity index (χ1v) is 0.820. The molecule has 0 bridgehead atoms. The highest BCUT2D eigenvalue weighted by atomic mass is 19.3.